The summed E-state index contributed by atoms with van der Waals surface area (Å²) < 4.78 is 37.4. The van der Waals surface area contributed by atoms with Crippen LogP contribution in [-0.2, 0) is 11.0 Å². The lowest BCUT2D eigenvalue weighted by atomic mass is 9.93. The second-order valence-corrected chi connectivity index (χ2v) is 4.14. The van der Waals surface area contributed by atoms with Crippen molar-refractivity contribution < 1.29 is 28.2 Å². The van der Waals surface area contributed by atoms with Crippen LogP contribution in [0.3, 0.4) is 0 Å². The lowest BCUT2D eigenvalue weighted by Crippen LogP contribution is -2.14. The fourth-order valence-electron chi connectivity index (χ4n) is 1.61. The largest absolute Gasteiger partial charge is 0.481 e. The molecule has 0 aromatic heterocycles. The number of aliphatic carboxylic acids is 1. The van der Waals surface area contributed by atoms with Crippen molar-refractivity contribution in [2.45, 2.75) is 25.6 Å². The quantitative estimate of drug-likeness (QED) is 0.877. The molecule has 0 amide bonds. The van der Waals surface area contributed by atoms with Crippen LogP contribution in [0, 0.1) is 5.92 Å². The molecule has 0 heterocycles. The summed E-state index contributed by atoms with van der Waals surface area (Å²) in [4.78, 5) is 10.5. The number of rotatable bonds is 4. The van der Waals surface area contributed by atoms with Gasteiger partial charge in [-0.1, -0.05) is 19.1 Å². The third-order valence-electron chi connectivity index (χ3n) is 2.59. The Labute approximate surface area is 102 Å². The Hall–Kier alpha value is -1.56. The topological polar surface area (TPSA) is 57.5 Å². The summed E-state index contributed by atoms with van der Waals surface area (Å²) in [6.07, 6.45) is -6.02. The van der Waals surface area contributed by atoms with Gasteiger partial charge in [0, 0.05) is 0 Å². The van der Waals surface area contributed by atoms with Crippen molar-refractivity contribution in [3.63, 3.8) is 0 Å². The smallest absolute Gasteiger partial charge is 0.416 e. The molecule has 100 valence electrons. The number of aliphatic hydroxyl groups excluding tert-OH is 1. The van der Waals surface area contributed by atoms with E-state index in [-0.39, 0.29) is 12.0 Å². The van der Waals surface area contributed by atoms with Crippen LogP contribution in [0.25, 0.3) is 0 Å². The maximum Gasteiger partial charge on any atom is 0.416 e. The Morgan fingerprint density at radius 2 is 2.00 bits per heavy atom. The number of carbonyl (C=O) groups is 1. The number of hydrogen-bond acceptors (Lipinski definition) is 2. The maximum atomic E-state index is 12.5. The fourth-order valence-corrected chi connectivity index (χ4v) is 1.61. The standard InChI is InChI=1S/C12H13F3O3/c1-7(5-10(16)17)11(18)8-3-2-4-9(6-8)12(13,14)15/h2-4,6-7,11,18H,5H2,1H3,(H,16,17). The summed E-state index contributed by atoms with van der Waals surface area (Å²) in [7, 11) is 0. The zero-order valence-corrected chi connectivity index (χ0v) is 9.61. The van der Waals surface area contributed by atoms with E-state index in [2.05, 4.69) is 0 Å². The Kier molecular flexibility index (Phi) is 4.34. The predicted octanol–water partition coefficient (Wildman–Crippen LogP) is 2.85. The monoisotopic (exact) mass is 262 g/mol. The van der Waals surface area contributed by atoms with Crippen LogP contribution in [0.5, 0.6) is 0 Å². The van der Waals surface area contributed by atoms with Gasteiger partial charge in [0.25, 0.3) is 0 Å². The number of hydrogen-bond donors (Lipinski definition) is 2. The number of carboxylic acids is 1. The number of alkyl halides is 3. The van der Waals surface area contributed by atoms with Gasteiger partial charge < -0.3 is 10.2 Å². The zero-order chi connectivity index (χ0) is 13.9. The van der Waals surface area contributed by atoms with Crippen molar-refractivity contribution in [3.8, 4) is 0 Å². The molecule has 0 fully saturated rings. The molecule has 0 saturated heterocycles. The van der Waals surface area contributed by atoms with Crippen molar-refractivity contribution in [2.75, 3.05) is 0 Å². The maximum absolute atomic E-state index is 12.5. The molecule has 2 N–H and O–H groups in total. The summed E-state index contributed by atoms with van der Waals surface area (Å²) in [6.45, 7) is 1.47. The first-order chi connectivity index (χ1) is 8.21. The molecule has 0 radical (unpaired) electrons. The summed E-state index contributed by atoms with van der Waals surface area (Å²) >= 11 is 0. The molecular formula is C12H13F3O3. The van der Waals surface area contributed by atoms with E-state index in [1.54, 1.807) is 0 Å². The molecule has 2 atom stereocenters. The number of aliphatic hydroxyl groups is 1. The fraction of sp³-hybridized carbons (Fsp3) is 0.417. The van der Waals surface area contributed by atoms with Crippen LogP contribution in [0.1, 0.15) is 30.6 Å². The van der Waals surface area contributed by atoms with Gasteiger partial charge in [-0.2, -0.15) is 13.2 Å². The predicted molar refractivity (Wildman–Crippen MR) is 57.8 cm³/mol. The molecule has 1 rings (SSSR count). The Bertz CT molecular complexity index is 429. The minimum absolute atomic E-state index is 0.0681. The lowest BCUT2D eigenvalue weighted by molar-refractivity contribution is -0.139. The minimum atomic E-state index is -4.48. The van der Waals surface area contributed by atoms with E-state index in [0.717, 1.165) is 12.1 Å². The van der Waals surface area contributed by atoms with Gasteiger partial charge in [0.1, 0.15) is 0 Å². The van der Waals surface area contributed by atoms with E-state index in [1.165, 1.54) is 19.1 Å². The first-order valence-electron chi connectivity index (χ1n) is 5.29. The number of halogens is 3. The molecule has 0 bridgehead atoms. The van der Waals surface area contributed by atoms with Gasteiger partial charge in [0.15, 0.2) is 0 Å². The summed E-state index contributed by atoms with van der Waals surface area (Å²) in [6, 6.07) is 4.27. The molecule has 0 aliphatic carbocycles. The third-order valence-corrected chi connectivity index (χ3v) is 2.59. The first-order valence-corrected chi connectivity index (χ1v) is 5.29. The van der Waals surface area contributed by atoms with Gasteiger partial charge in [-0.25, -0.2) is 0 Å². The minimum Gasteiger partial charge on any atom is -0.481 e. The Morgan fingerprint density at radius 1 is 1.39 bits per heavy atom. The van der Waals surface area contributed by atoms with Crippen LogP contribution in [0.15, 0.2) is 24.3 Å². The van der Waals surface area contributed by atoms with Gasteiger partial charge in [0.05, 0.1) is 18.1 Å². The van der Waals surface area contributed by atoms with Crippen LogP contribution in [0.2, 0.25) is 0 Å². The second-order valence-electron chi connectivity index (χ2n) is 4.14. The highest BCUT2D eigenvalue weighted by atomic mass is 19.4. The molecule has 2 unspecified atom stereocenters. The first kappa shape index (κ1) is 14.5. The number of benzene rings is 1. The summed E-state index contributed by atoms with van der Waals surface area (Å²) in [5, 5.41) is 18.4. The van der Waals surface area contributed by atoms with Gasteiger partial charge in [-0.05, 0) is 23.6 Å². The normalized spacial score (nSPS) is 15.2. The van der Waals surface area contributed by atoms with Crippen LogP contribution < -0.4 is 0 Å². The van der Waals surface area contributed by atoms with E-state index in [0.29, 0.717) is 0 Å². The second kappa shape index (κ2) is 5.39. The molecule has 0 aliphatic rings. The number of carboxylic acid groups (broad SMARTS) is 1. The van der Waals surface area contributed by atoms with E-state index in [4.69, 9.17) is 5.11 Å². The van der Waals surface area contributed by atoms with E-state index < -0.39 is 29.7 Å². The molecule has 0 saturated carbocycles. The highest BCUT2D eigenvalue weighted by Gasteiger charge is 2.31. The highest BCUT2D eigenvalue weighted by molar-refractivity contribution is 5.67. The molecular weight excluding hydrogens is 249 g/mol. The molecule has 6 heteroatoms. The van der Waals surface area contributed by atoms with Crippen LogP contribution >= 0.6 is 0 Å². The van der Waals surface area contributed by atoms with Crippen molar-refractivity contribution in [1.82, 2.24) is 0 Å². The lowest BCUT2D eigenvalue weighted by Gasteiger charge is -2.18. The summed E-state index contributed by atoms with van der Waals surface area (Å²) in [5.74, 6) is -1.76. The van der Waals surface area contributed by atoms with Crippen molar-refractivity contribution in [2.24, 2.45) is 5.92 Å². The molecule has 0 spiro atoms. The van der Waals surface area contributed by atoms with E-state index in [9.17, 15) is 23.1 Å². The molecule has 1 aromatic carbocycles. The van der Waals surface area contributed by atoms with Gasteiger partial charge in [-0.3, -0.25) is 4.79 Å². The molecule has 1 aromatic rings. The van der Waals surface area contributed by atoms with Crippen LogP contribution in [-0.4, -0.2) is 16.2 Å². The Morgan fingerprint density at radius 3 is 2.50 bits per heavy atom. The van der Waals surface area contributed by atoms with Gasteiger partial charge >= 0.3 is 12.1 Å². The van der Waals surface area contributed by atoms with Gasteiger partial charge in [0.2, 0.25) is 0 Å². The summed E-state index contributed by atoms with van der Waals surface area (Å²) in [5.41, 5.74) is -0.792. The Balaban J connectivity index is 2.93. The van der Waals surface area contributed by atoms with Crippen LogP contribution in [0.4, 0.5) is 13.2 Å². The third kappa shape index (κ3) is 3.73. The van der Waals surface area contributed by atoms with E-state index in [1.807, 2.05) is 0 Å². The van der Waals surface area contributed by atoms with Crippen molar-refractivity contribution >= 4 is 5.97 Å². The average molecular weight is 262 g/mol. The molecule has 0 aliphatic heterocycles. The SMILES string of the molecule is CC(CC(=O)O)C(O)c1cccc(C(F)(F)F)c1. The molecule has 3 nitrogen and oxygen atoms in total. The van der Waals surface area contributed by atoms with Crippen molar-refractivity contribution in [3.05, 3.63) is 35.4 Å². The average Bonchev–Trinajstić information content (AvgIpc) is 2.26. The molecule has 18 heavy (non-hydrogen) atoms. The highest BCUT2D eigenvalue weighted by Crippen LogP contribution is 2.32. The van der Waals surface area contributed by atoms with Gasteiger partial charge in [-0.15, -0.1) is 0 Å². The zero-order valence-electron chi connectivity index (χ0n) is 9.61. The van der Waals surface area contributed by atoms with E-state index >= 15 is 0 Å². The van der Waals surface area contributed by atoms with Crippen molar-refractivity contribution in [1.29, 1.82) is 0 Å².